The highest BCUT2D eigenvalue weighted by molar-refractivity contribution is 4.75. The Bertz CT molecular complexity index is 97.0. The Balaban J connectivity index is 2.40. The van der Waals surface area contributed by atoms with Crippen LogP contribution in [0.15, 0.2) is 0 Å². The molecule has 0 aromatic heterocycles. The largest absolute Gasteiger partial charge is 0.390 e. The molecule has 54 valence electrons. The minimum Gasteiger partial charge on any atom is -0.390 e. The molecule has 0 spiro atoms. The standard InChI is InChI=1S/C5H8F2O2/c6-5(7)3-1-9-2-4(3)8/h3-5,8H,1-2H2. The van der Waals surface area contributed by atoms with Gasteiger partial charge in [0.25, 0.3) is 0 Å². The average molecular weight is 138 g/mol. The van der Waals surface area contributed by atoms with Gasteiger partial charge in [0, 0.05) is 0 Å². The molecule has 0 aliphatic carbocycles. The molecule has 0 bridgehead atoms. The molecule has 1 aliphatic rings. The number of halogens is 2. The molecule has 9 heavy (non-hydrogen) atoms. The van der Waals surface area contributed by atoms with E-state index in [4.69, 9.17) is 5.11 Å². The Kier molecular flexibility index (Phi) is 1.97. The molecule has 1 heterocycles. The number of hydrogen-bond acceptors (Lipinski definition) is 2. The van der Waals surface area contributed by atoms with Gasteiger partial charge in [-0.05, 0) is 0 Å². The van der Waals surface area contributed by atoms with Gasteiger partial charge in [0.05, 0.1) is 25.2 Å². The Morgan fingerprint density at radius 2 is 2.11 bits per heavy atom. The minimum absolute atomic E-state index is 0.0150. The lowest BCUT2D eigenvalue weighted by molar-refractivity contribution is 0.0196. The van der Waals surface area contributed by atoms with Crippen LogP contribution < -0.4 is 0 Å². The molecule has 2 unspecified atom stereocenters. The topological polar surface area (TPSA) is 29.5 Å². The predicted molar refractivity (Wildman–Crippen MR) is 26.3 cm³/mol. The van der Waals surface area contributed by atoms with E-state index >= 15 is 0 Å². The van der Waals surface area contributed by atoms with Crippen molar-refractivity contribution in [2.24, 2.45) is 5.92 Å². The highest BCUT2D eigenvalue weighted by atomic mass is 19.3. The molecule has 1 N–H and O–H groups in total. The van der Waals surface area contributed by atoms with Crippen LogP contribution in [0, 0.1) is 5.92 Å². The number of hydrogen-bond donors (Lipinski definition) is 1. The molecule has 1 aliphatic heterocycles. The summed E-state index contributed by atoms with van der Waals surface area (Å²) >= 11 is 0. The van der Waals surface area contributed by atoms with Crippen LogP contribution >= 0.6 is 0 Å². The van der Waals surface area contributed by atoms with Gasteiger partial charge in [-0.1, -0.05) is 0 Å². The Morgan fingerprint density at radius 1 is 1.44 bits per heavy atom. The number of aliphatic hydroxyl groups is 1. The summed E-state index contributed by atoms with van der Waals surface area (Å²) in [5.74, 6) is -0.968. The number of ether oxygens (including phenoxy) is 1. The van der Waals surface area contributed by atoms with Crippen LogP contribution in [-0.2, 0) is 4.74 Å². The van der Waals surface area contributed by atoms with Crippen LogP contribution in [0.4, 0.5) is 8.78 Å². The first-order chi connectivity index (χ1) is 4.22. The van der Waals surface area contributed by atoms with Crippen molar-refractivity contribution in [3.63, 3.8) is 0 Å². The van der Waals surface area contributed by atoms with Gasteiger partial charge in [-0.2, -0.15) is 0 Å². The maximum Gasteiger partial charge on any atom is 0.246 e. The second-order valence-electron chi connectivity index (χ2n) is 2.10. The zero-order valence-corrected chi connectivity index (χ0v) is 4.76. The van der Waals surface area contributed by atoms with E-state index in [1.807, 2.05) is 0 Å². The minimum atomic E-state index is -2.46. The predicted octanol–water partition coefficient (Wildman–Crippen LogP) is 0.259. The second kappa shape index (κ2) is 2.58. The summed E-state index contributed by atoms with van der Waals surface area (Å²) in [5.41, 5.74) is 0. The molecule has 4 heteroatoms. The summed E-state index contributed by atoms with van der Waals surface area (Å²) in [5, 5.41) is 8.75. The van der Waals surface area contributed by atoms with E-state index < -0.39 is 18.4 Å². The van der Waals surface area contributed by atoms with Crippen molar-refractivity contribution in [2.45, 2.75) is 12.5 Å². The van der Waals surface area contributed by atoms with Crippen molar-refractivity contribution < 1.29 is 18.6 Å². The van der Waals surface area contributed by atoms with Gasteiger partial charge in [0.15, 0.2) is 0 Å². The third-order valence-corrected chi connectivity index (χ3v) is 1.42. The first kappa shape index (κ1) is 6.89. The quantitative estimate of drug-likeness (QED) is 0.563. The van der Waals surface area contributed by atoms with Crippen LogP contribution in [0.5, 0.6) is 0 Å². The van der Waals surface area contributed by atoms with Crippen LogP contribution in [-0.4, -0.2) is 30.8 Å². The first-order valence-corrected chi connectivity index (χ1v) is 2.76. The lowest BCUT2D eigenvalue weighted by Gasteiger charge is -2.08. The fourth-order valence-electron chi connectivity index (χ4n) is 0.800. The van der Waals surface area contributed by atoms with Gasteiger partial charge in [0.2, 0.25) is 6.43 Å². The highest BCUT2D eigenvalue weighted by Crippen LogP contribution is 2.20. The summed E-state index contributed by atoms with van der Waals surface area (Å²) in [6.45, 7) is 0.0356. The molecular weight excluding hydrogens is 130 g/mol. The summed E-state index contributed by atoms with van der Waals surface area (Å²) in [7, 11) is 0. The zero-order valence-electron chi connectivity index (χ0n) is 4.76. The van der Waals surface area contributed by atoms with E-state index in [1.54, 1.807) is 0 Å². The van der Waals surface area contributed by atoms with Crippen molar-refractivity contribution in [1.29, 1.82) is 0 Å². The van der Waals surface area contributed by atoms with E-state index in [0.29, 0.717) is 0 Å². The Morgan fingerprint density at radius 3 is 2.33 bits per heavy atom. The second-order valence-corrected chi connectivity index (χ2v) is 2.10. The molecule has 0 aromatic carbocycles. The molecule has 2 nitrogen and oxygen atoms in total. The molecule has 1 rings (SSSR count). The smallest absolute Gasteiger partial charge is 0.246 e. The lowest BCUT2D eigenvalue weighted by Crippen LogP contribution is -2.24. The first-order valence-electron chi connectivity index (χ1n) is 2.76. The number of aliphatic hydroxyl groups excluding tert-OH is 1. The third kappa shape index (κ3) is 1.37. The lowest BCUT2D eigenvalue weighted by atomic mass is 10.1. The van der Waals surface area contributed by atoms with Crippen molar-refractivity contribution in [2.75, 3.05) is 13.2 Å². The third-order valence-electron chi connectivity index (χ3n) is 1.42. The van der Waals surface area contributed by atoms with E-state index in [1.165, 1.54) is 0 Å². The van der Waals surface area contributed by atoms with E-state index in [0.717, 1.165) is 0 Å². The molecule has 0 aromatic rings. The van der Waals surface area contributed by atoms with E-state index in [-0.39, 0.29) is 13.2 Å². The molecule has 1 fully saturated rings. The fraction of sp³-hybridized carbons (Fsp3) is 1.00. The fourth-order valence-corrected chi connectivity index (χ4v) is 0.800. The van der Waals surface area contributed by atoms with Crippen molar-refractivity contribution in [1.82, 2.24) is 0 Å². The zero-order chi connectivity index (χ0) is 6.85. The van der Waals surface area contributed by atoms with Crippen molar-refractivity contribution in [3.8, 4) is 0 Å². The van der Waals surface area contributed by atoms with Gasteiger partial charge in [-0.3, -0.25) is 0 Å². The van der Waals surface area contributed by atoms with Gasteiger partial charge in [-0.15, -0.1) is 0 Å². The Labute approximate surface area is 51.4 Å². The van der Waals surface area contributed by atoms with Crippen LogP contribution in [0.3, 0.4) is 0 Å². The molecule has 1 saturated heterocycles. The van der Waals surface area contributed by atoms with Crippen LogP contribution in [0.2, 0.25) is 0 Å². The Hall–Kier alpha value is -0.220. The summed E-state index contributed by atoms with van der Waals surface area (Å²) < 4.78 is 28.1. The highest BCUT2D eigenvalue weighted by Gasteiger charge is 2.33. The molecule has 2 atom stereocenters. The monoisotopic (exact) mass is 138 g/mol. The molecule has 0 radical (unpaired) electrons. The van der Waals surface area contributed by atoms with Gasteiger partial charge in [0.1, 0.15) is 0 Å². The van der Waals surface area contributed by atoms with E-state index in [9.17, 15) is 8.78 Å². The van der Waals surface area contributed by atoms with Gasteiger partial charge in [-0.25, -0.2) is 8.78 Å². The summed E-state index contributed by atoms with van der Waals surface area (Å²) in [4.78, 5) is 0. The average Bonchev–Trinajstić information content (AvgIpc) is 2.13. The molecular formula is C5H8F2O2. The van der Waals surface area contributed by atoms with Gasteiger partial charge >= 0.3 is 0 Å². The van der Waals surface area contributed by atoms with E-state index in [2.05, 4.69) is 4.74 Å². The SMILES string of the molecule is OC1COCC1C(F)F. The summed E-state index contributed by atoms with van der Waals surface area (Å²) in [6.07, 6.45) is -3.42. The van der Waals surface area contributed by atoms with Crippen LogP contribution in [0.25, 0.3) is 0 Å². The van der Waals surface area contributed by atoms with Gasteiger partial charge < -0.3 is 9.84 Å². The molecule has 0 saturated carbocycles. The van der Waals surface area contributed by atoms with Crippen molar-refractivity contribution in [3.05, 3.63) is 0 Å². The number of alkyl halides is 2. The normalized spacial score (nSPS) is 36.0. The molecule has 0 amide bonds. The maximum absolute atomic E-state index is 11.8. The van der Waals surface area contributed by atoms with Crippen molar-refractivity contribution >= 4 is 0 Å². The summed E-state index contributed by atoms with van der Waals surface area (Å²) in [6, 6.07) is 0. The van der Waals surface area contributed by atoms with Crippen LogP contribution in [0.1, 0.15) is 0 Å². The maximum atomic E-state index is 11.8. The number of rotatable bonds is 1.